The van der Waals surface area contributed by atoms with Crippen molar-refractivity contribution in [3.8, 4) is 0 Å². The summed E-state index contributed by atoms with van der Waals surface area (Å²) in [6.45, 7) is 6.11. The number of halogens is 1. The third-order valence-corrected chi connectivity index (χ3v) is 1.57. The summed E-state index contributed by atoms with van der Waals surface area (Å²) in [6, 6.07) is -0.166. The van der Waals surface area contributed by atoms with Crippen LogP contribution in [-0.2, 0) is 0 Å². The predicted molar refractivity (Wildman–Crippen MR) is 47.8 cm³/mol. The summed E-state index contributed by atoms with van der Waals surface area (Å²) < 4.78 is 0. The second kappa shape index (κ2) is 3.82. The van der Waals surface area contributed by atoms with Gasteiger partial charge in [-0.2, -0.15) is 5.21 Å². The number of H-pyrrole nitrogens is 1. The van der Waals surface area contributed by atoms with Crippen molar-refractivity contribution in [2.75, 3.05) is 0 Å². The van der Waals surface area contributed by atoms with E-state index in [0.717, 1.165) is 0 Å². The molecule has 0 unspecified atom stereocenters. The van der Waals surface area contributed by atoms with Gasteiger partial charge in [-0.3, -0.25) is 0 Å². The van der Waals surface area contributed by atoms with Crippen LogP contribution in [0.5, 0.6) is 0 Å². The number of hydrogen-bond acceptors (Lipinski definition) is 4. The van der Waals surface area contributed by atoms with Crippen molar-refractivity contribution in [3.63, 3.8) is 0 Å². The van der Waals surface area contributed by atoms with Gasteiger partial charge in [-0.05, 0) is 5.41 Å². The molecule has 12 heavy (non-hydrogen) atoms. The Kier molecular flexibility index (Phi) is 3.60. The number of nitrogens with two attached hydrogens (primary N) is 1. The number of hydrogen-bond donors (Lipinski definition) is 2. The summed E-state index contributed by atoms with van der Waals surface area (Å²) in [4.78, 5) is 0. The van der Waals surface area contributed by atoms with E-state index in [0.29, 0.717) is 5.82 Å². The molecule has 0 spiro atoms. The fraction of sp³-hybridized carbons (Fsp3) is 0.833. The zero-order valence-electron chi connectivity index (χ0n) is 7.40. The van der Waals surface area contributed by atoms with Crippen molar-refractivity contribution in [2.45, 2.75) is 26.8 Å². The minimum Gasteiger partial charge on any atom is -0.321 e. The van der Waals surface area contributed by atoms with Gasteiger partial charge in [0.25, 0.3) is 0 Å². The molecule has 0 aliphatic heterocycles. The lowest BCUT2D eigenvalue weighted by molar-refractivity contribution is 0.315. The first-order valence-corrected chi connectivity index (χ1v) is 3.51. The molecule has 6 heteroatoms. The Hall–Kier alpha value is -0.680. The third kappa shape index (κ3) is 2.42. The van der Waals surface area contributed by atoms with Gasteiger partial charge < -0.3 is 5.73 Å². The molecule has 0 saturated carbocycles. The second-order valence-electron chi connectivity index (χ2n) is 3.61. The quantitative estimate of drug-likeness (QED) is 0.684. The number of nitrogens with one attached hydrogen (secondary N) is 1. The Morgan fingerprint density at radius 2 is 2.00 bits per heavy atom. The van der Waals surface area contributed by atoms with E-state index in [1.54, 1.807) is 0 Å². The smallest absolute Gasteiger partial charge is 0.191 e. The molecule has 1 rings (SSSR count). The van der Waals surface area contributed by atoms with Crippen LogP contribution in [0.4, 0.5) is 0 Å². The van der Waals surface area contributed by atoms with Crippen molar-refractivity contribution in [1.82, 2.24) is 20.6 Å². The van der Waals surface area contributed by atoms with Crippen LogP contribution in [0.1, 0.15) is 32.6 Å². The maximum atomic E-state index is 5.83. The molecule has 0 aliphatic rings. The molecule has 1 atom stereocenters. The molecule has 0 saturated heterocycles. The highest BCUT2D eigenvalue weighted by Crippen LogP contribution is 2.27. The van der Waals surface area contributed by atoms with Crippen molar-refractivity contribution >= 4 is 12.4 Å². The van der Waals surface area contributed by atoms with Crippen LogP contribution in [-0.4, -0.2) is 20.6 Å². The standard InChI is InChI=1S/C6H13N5.ClH/c1-6(2,3)4(7)5-8-10-11-9-5;/h4H,7H2,1-3H3,(H,8,9,10,11);1H/t4-;/m1./s1. The summed E-state index contributed by atoms with van der Waals surface area (Å²) in [5, 5.41) is 13.4. The number of aromatic amines is 1. The van der Waals surface area contributed by atoms with E-state index >= 15 is 0 Å². The molecule has 3 N–H and O–H groups in total. The van der Waals surface area contributed by atoms with Gasteiger partial charge in [0.2, 0.25) is 0 Å². The van der Waals surface area contributed by atoms with E-state index in [1.807, 2.05) is 20.8 Å². The Morgan fingerprint density at radius 3 is 2.33 bits per heavy atom. The van der Waals surface area contributed by atoms with Crippen LogP contribution in [0.3, 0.4) is 0 Å². The second-order valence-corrected chi connectivity index (χ2v) is 3.61. The van der Waals surface area contributed by atoms with E-state index in [-0.39, 0.29) is 23.9 Å². The molecule has 70 valence electrons. The van der Waals surface area contributed by atoms with Gasteiger partial charge in [0, 0.05) is 0 Å². The first-order valence-electron chi connectivity index (χ1n) is 3.51. The SMILES string of the molecule is CC(C)(C)[C@H](N)c1nn[nH]n1.Cl. The van der Waals surface area contributed by atoms with Gasteiger partial charge >= 0.3 is 0 Å². The molecule has 0 aliphatic carbocycles. The highest BCUT2D eigenvalue weighted by molar-refractivity contribution is 5.85. The minimum absolute atomic E-state index is 0. The van der Waals surface area contributed by atoms with Crippen molar-refractivity contribution in [1.29, 1.82) is 0 Å². The zero-order valence-corrected chi connectivity index (χ0v) is 8.22. The van der Waals surface area contributed by atoms with Crippen LogP contribution >= 0.6 is 12.4 Å². The minimum atomic E-state index is -0.166. The van der Waals surface area contributed by atoms with Crippen molar-refractivity contribution in [2.24, 2.45) is 11.1 Å². The molecular formula is C6H14ClN5. The maximum Gasteiger partial charge on any atom is 0.191 e. The first-order chi connectivity index (χ1) is 5.02. The van der Waals surface area contributed by atoms with E-state index in [9.17, 15) is 0 Å². The Labute approximate surface area is 77.5 Å². The molecule has 0 aromatic carbocycles. The lowest BCUT2D eigenvalue weighted by Crippen LogP contribution is -2.27. The van der Waals surface area contributed by atoms with Gasteiger partial charge in [0.05, 0.1) is 6.04 Å². The molecule has 0 amide bonds. The summed E-state index contributed by atoms with van der Waals surface area (Å²) in [7, 11) is 0. The molecular weight excluding hydrogens is 178 g/mol. The van der Waals surface area contributed by atoms with Crippen molar-refractivity contribution in [3.05, 3.63) is 5.82 Å². The van der Waals surface area contributed by atoms with Crippen molar-refractivity contribution < 1.29 is 0 Å². The normalized spacial score (nSPS) is 13.7. The van der Waals surface area contributed by atoms with Crippen LogP contribution < -0.4 is 5.73 Å². The van der Waals surface area contributed by atoms with Gasteiger partial charge in [0.15, 0.2) is 5.82 Å². The molecule has 1 aromatic heterocycles. The first kappa shape index (κ1) is 11.3. The number of nitrogens with zero attached hydrogens (tertiary/aromatic N) is 3. The van der Waals surface area contributed by atoms with Gasteiger partial charge in [-0.15, -0.1) is 22.6 Å². The largest absolute Gasteiger partial charge is 0.321 e. The predicted octanol–water partition coefficient (Wildman–Crippen LogP) is 0.667. The molecule has 0 bridgehead atoms. The van der Waals surface area contributed by atoms with Crippen LogP contribution in [0.2, 0.25) is 0 Å². The average molecular weight is 192 g/mol. The fourth-order valence-corrected chi connectivity index (χ4v) is 0.689. The Morgan fingerprint density at radius 1 is 1.42 bits per heavy atom. The lowest BCUT2D eigenvalue weighted by Gasteiger charge is -2.23. The van der Waals surface area contributed by atoms with Gasteiger partial charge in [0.1, 0.15) is 0 Å². The highest BCUT2D eigenvalue weighted by Gasteiger charge is 2.25. The van der Waals surface area contributed by atoms with E-state index < -0.39 is 0 Å². The zero-order chi connectivity index (χ0) is 8.48. The Balaban J connectivity index is 0.00000121. The number of aromatic nitrogens is 4. The maximum absolute atomic E-state index is 5.83. The van der Waals surface area contributed by atoms with E-state index in [1.165, 1.54) is 0 Å². The molecule has 1 heterocycles. The lowest BCUT2D eigenvalue weighted by atomic mass is 9.87. The summed E-state index contributed by atoms with van der Waals surface area (Å²) in [5.74, 6) is 0.567. The highest BCUT2D eigenvalue weighted by atomic mass is 35.5. The van der Waals surface area contributed by atoms with E-state index in [2.05, 4.69) is 20.6 Å². The van der Waals surface area contributed by atoms with Crippen LogP contribution in [0.15, 0.2) is 0 Å². The van der Waals surface area contributed by atoms with E-state index in [4.69, 9.17) is 5.73 Å². The molecule has 0 fully saturated rings. The summed E-state index contributed by atoms with van der Waals surface area (Å²) >= 11 is 0. The summed E-state index contributed by atoms with van der Waals surface area (Å²) in [5.41, 5.74) is 5.81. The number of rotatable bonds is 1. The Bertz CT molecular complexity index is 214. The van der Waals surface area contributed by atoms with Crippen LogP contribution in [0, 0.1) is 5.41 Å². The molecule has 1 aromatic rings. The molecule has 0 radical (unpaired) electrons. The van der Waals surface area contributed by atoms with Gasteiger partial charge in [-0.1, -0.05) is 26.0 Å². The average Bonchev–Trinajstić information content (AvgIpc) is 2.34. The third-order valence-electron chi connectivity index (χ3n) is 1.57. The van der Waals surface area contributed by atoms with Crippen LogP contribution in [0.25, 0.3) is 0 Å². The fourth-order valence-electron chi connectivity index (χ4n) is 0.689. The number of tetrazole rings is 1. The van der Waals surface area contributed by atoms with Gasteiger partial charge in [-0.25, -0.2) is 0 Å². The topological polar surface area (TPSA) is 80.5 Å². The monoisotopic (exact) mass is 191 g/mol. The molecule has 5 nitrogen and oxygen atoms in total. The summed E-state index contributed by atoms with van der Waals surface area (Å²) in [6.07, 6.45) is 0.